The molecule has 7 heteroatoms. The molecule has 1 aromatic carbocycles. The number of halogens is 2. The lowest BCUT2D eigenvalue weighted by Crippen LogP contribution is -2.36. The van der Waals surface area contributed by atoms with Gasteiger partial charge in [-0.3, -0.25) is 10.1 Å². The van der Waals surface area contributed by atoms with Crippen LogP contribution < -0.4 is 5.32 Å². The molecule has 1 aromatic heterocycles. The predicted molar refractivity (Wildman–Crippen MR) is 83.9 cm³/mol. The molecule has 2 N–H and O–H groups in total. The van der Waals surface area contributed by atoms with Crippen molar-refractivity contribution in [3.63, 3.8) is 0 Å². The minimum absolute atomic E-state index is 0. The molecule has 0 aliphatic carbocycles. The maximum absolute atomic E-state index is 12.9. The largest absolute Gasteiger partial charge is 0.480 e. The second kappa shape index (κ2) is 8.51. The van der Waals surface area contributed by atoms with Crippen LogP contribution in [0.25, 0.3) is 5.69 Å². The van der Waals surface area contributed by atoms with Crippen LogP contribution in [0, 0.1) is 5.82 Å². The summed E-state index contributed by atoms with van der Waals surface area (Å²) in [7, 11) is 0. The highest BCUT2D eigenvalue weighted by atomic mass is 35.5. The Bertz CT molecular complexity index is 601. The van der Waals surface area contributed by atoms with E-state index in [9.17, 15) is 9.18 Å². The number of aromatic nitrogens is 2. The molecule has 0 aliphatic rings. The van der Waals surface area contributed by atoms with Crippen LogP contribution in [0.5, 0.6) is 0 Å². The fourth-order valence-corrected chi connectivity index (χ4v) is 2.02. The summed E-state index contributed by atoms with van der Waals surface area (Å²) < 4.78 is 14.5. The third-order valence-electron chi connectivity index (χ3n) is 3.14. The standard InChI is InChI=1S/C15H18FN3O2.ClH/c1-2-3-14(15(20)21)17-10-12-8-9-19(18-12)13-6-4-11(16)5-7-13;/h4-9,14,17H,2-3,10H2,1H3,(H,20,21);1H. The average molecular weight is 328 g/mol. The van der Waals surface area contributed by atoms with Crippen molar-refractivity contribution < 1.29 is 14.3 Å². The highest BCUT2D eigenvalue weighted by Gasteiger charge is 2.15. The second-order valence-corrected chi connectivity index (χ2v) is 4.79. The molecule has 5 nitrogen and oxygen atoms in total. The highest BCUT2D eigenvalue weighted by Crippen LogP contribution is 2.09. The third kappa shape index (κ3) is 4.82. The summed E-state index contributed by atoms with van der Waals surface area (Å²) in [5.74, 6) is -1.15. The molecule has 0 radical (unpaired) electrons. The van der Waals surface area contributed by atoms with E-state index in [2.05, 4.69) is 10.4 Å². The Kier molecular flexibility index (Phi) is 7.01. The molecule has 0 aliphatic heterocycles. The lowest BCUT2D eigenvalue weighted by atomic mass is 10.1. The fourth-order valence-electron chi connectivity index (χ4n) is 2.02. The molecule has 120 valence electrons. The highest BCUT2D eigenvalue weighted by molar-refractivity contribution is 5.85. The number of hydrogen-bond donors (Lipinski definition) is 2. The minimum atomic E-state index is -0.852. The Labute approximate surface area is 134 Å². The monoisotopic (exact) mass is 327 g/mol. The number of benzene rings is 1. The van der Waals surface area contributed by atoms with Crippen LogP contribution in [0.1, 0.15) is 25.5 Å². The van der Waals surface area contributed by atoms with Crippen molar-refractivity contribution in [3.8, 4) is 5.69 Å². The van der Waals surface area contributed by atoms with Crippen LogP contribution in [-0.4, -0.2) is 26.9 Å². The van der Waals surface area contributed by atoms with Gasteiger partial charge in [-0.1, -0.05) is 13.3 Å². The quantitative estimate of drug-likeness (QED) is 0.820. The number of aliphatic carboxylic acids is 1. The van der Waals surface area contributed by atoms with Gasteiger partial charge in [-0.2, -0.15) is 5.10 Å². The summed E-state index contributed by atoms with van der Waals surface area (Å²) in [5, 5.41) is 16.4. The van der Waals surface area contributed by atoms with Gasteiger partial charge in [0.2, 0.25) is 0 Å². The molecule has 1 atom stereocenters. The van der Waals surface area contributed by atoms with Crippen LogP contribution in [0.2, 0.25) is 0 Å². The first-order chi connectivity index (χ1) is 10.1. The SMILES string of the molecule is CCCC(NCc1ccn(-c2ccc(F)cc2)n1)C(=O)O.Cl. The van der Waals surface area contributed by atoms with Gasteiger partial charge in [0.25, 0.3) is 0 Å². The normalized spacial score (nSPS) is 11.7. The van der Waals surface area contributed by atoms with Crippen LogP contribution in [0.15, 0.2) is 36.5 Å². The molecular formula is C15H19ClFN3O2. The summed E-state index contributed by atoms with van der Waals surface area (Å²) in [6.07, 6.45) is 3.14. The first-order valence-electron chi connectivity index (χ1n) is 6.87. The molecule has 0 bridgehead atoms. The predicted octanol–water partition coefficient (Wildman–Crippen LogP) is 2.78. The Hall–Kier alpha value is -1.92. The van der Waals surface area contributed by atoms with E-state index in [1.807, 2.05) is 6.92 Å². The van der Waals surface area contributed by atoms with E-state index in [-0.39, 0.29) is 18.2 Å². The first kappa shape index (κ1) is 18.1. The Morgan fingerprint density at radius 2 is 2.05 bits per heavy atom. The molecule has 22 heavy (non-hydrogen) atoms. The van der Waals surface area contributed by atoms with Crippen LogP contribution in [0.4, 0.5) is 4.39 Å². The molecule has 2 rings (SSSR count). The fraction of sp³-hybridized carbons (Fsp3) is 0.333. The summed E-state index contributed by atoms with van der Waals surface area (Å²) in [4.78, 5) is 11.0. The summed E-state index contributed by atoms with van der Waals surface area (Å²) in [6.45, 7) is 2.33. The van der Waals surface area contributed by atoms with Crippen molar-refractivity contribution in [2.24, 2.45) is 0 Å². The van der Waals surface area contributed by atoms with E-state index >= 15 is 0 Å². The second-order valence-electron chi connectivity index (χ2n) is 4.79. The number of carbonyl (C=O) groups is 1. The number of nitrogens with one attached hydrogen (secondary N) is 1. The number of rotatable bonds is 7. The van der Waals surface area contributed by atoms with E-state index < -0.39 is 12.0 Å². The number of nitrogens with zero attached hydrogens (tertiary/aromatic N) is 2. The lowest BCUT2D eigenvalue weighted by molar-refractivity contribution is -0.139. The van der Waals surface area contributed by atoms with Crippen molar-refractivity contribution >= 4 is 18.4 Å². The van der Waals surface area contributed by atoms with Crippen molar-refractivity contribution in [2.45, 2.75) is 32.4 Å². The molecule has 0 saturated carbocycles. The van der Waals surface area contributed by atoms with Crippen molar-refractivity contribution in [3.05, 3.63) is 48.0 Å². The summed E-state index contributed by atoms with van der Waals surface area (Å²) >= 11 is 0. The van der Waals surface area contributed by atoms with E-state index in [1.165, 1.54) is 12.1 Å². The molecule has 0 spiro atoms. The zero-order chi connectivity index (χ0) is 15.2. The van der Waals surface area contributed by atoms with Crippen LogP contribution in [-0.2, 0) is 11.3 Å². The minimum Gasteiger partial charge on any atom is -0.480 e. The smallest absolute Gasteiger partial charge is 0.320 e. The van der Waals surface area contributed by atoms with Gasteiger partial charge in [0.1, 0.15) is 11.9 Å². The van der Waals surface area contributed by atoms with Gasteiger partial charge in [0.05, 0.1) is 11.4 Å². The van der Waals surface area contributed by atoms with Gasteiger partial charge < -0.3 is 5.11 Å². The maximum Gasteiger partial charge on any atom is 0.320 e. The summed E-state index contributed by atoms with van der Waals surface area (Å²) in [6, 6.07) is 7.26. The van der Waals surface area contributed by atoms with Gasteiger partial charge in [0, 0.05) is 12.7 Å². The van der Waals surface area contributed by atoms with E-state index in [1.54, 1.807) is 29.1 Å². The van der Waals surface area contributed by atoms with E-state index in [4.69, 9.17) is 5.11 Å². The zero-order valence-corrected chi connectivity index (χ0v) is 13.0. The molecule has 0 saturated heterocycles. The van der Waals surface area contributed by atoms with Crippen molar-refractivity contribution in [2.75, 3.05) is 0 Å². The molecule has 2 aromatic rings. The number of carboxylic acids is 1. The lowest BCUT2D eigenvalue weighted by Gasteiger charge is -2.12. The Morgan fingerprint density at radius 1 is 1.36 bits per heavy atom. The van der Waals surface area contributed by atoms with Crippen molar-refractivity contribution in [1.82, 2.24) is 15.1 Å². The van der Waals surface area contributed by atoms with Gasteiger partial charge in [-0.25, -0.2) is 9.07 Å². The Balaban J connectivity index is 0.00000242. The number of hydrogen-bond acceptors (Lipinski definition) is 3. The van der Waals surface area contributed by atoms with Gasteiger partial charge >= 0.3 is 5.97 Å². The van der Waals surface area contributed by atoms with Crippen LogP contribution in [0.3, 0.4) is 0 Å². The molecule has 0 amide bonds. The van der Waals surface area contributed by atoms with Gasteiger partial charge in [-0.05, 0) is 36.8 Å². The topological polar surface area (TPSA) is 67.2 Å². The molecule has 1 unspecified atom stereocenters. The summed E-state index contributed by atoms with van der Waals surface area (Å²) in [5.41, 5.74) is 1.49. The van der Waals surface area contributed by atoms with Gasteiger partial charge in [0.15, 0.2) is 0 Å². The van der Waals surface area contributed by atoms with Gasteiger partial charge in [-0.15, -0.1) is 12.4 Å². The third-order valence-corrected chi connectivity index (χ3v) is 3.14. The first-order valence-corrected chi connectivity index (χ1v) is 6.87. The zero-order valence-electron chi connectivity index (χ0n) is 12.2. The number of carboxylic acid groups (broad SMARTS) is 1. The van der Waals surface area contributed by atoms with Crippen molar-refractivity contribution in [1.29, 1.82) is 0 Å². The van der Waals surface area contributed by atoms with Crippen LogP contribution >= 0.6 is 12.4 Å². The van der Waals surface area contributed by atoms with E-state index in [0.29, 0.717) is 13.0 Å². The maximum atomic E-state index is 12.9. The van der Waals surface area contributed by atoms with E-state index in [0.717, 1.165) is 17.8 Å². The molecule has 0 fully saturated rings. The molecular weight excluding hydrogens is 309 g/mol. The Morgan fingerprint density at radius 3 is 2.64 bits per heavy atom. The molecule has 1 heterocycles. The average Bonchev–Trinajstić information content (AvgIpc) is 2.92.